The van der Waals surface area contributed by atoms with Crippen LogP contribution in [0.5, 0.6) is 0 Å². The molecule has 1 aliphatic rings. The first-order valence-electron chi connectivity index (χ1n) is 6.14. The summed E-state index contributed by atoms with van der Waals surface area (Å²) < 4.78 is 0. The molecule has 1 rings (SSSR count). The SMILES string of the molecule is CNC(C)(C)C(=O)N1CCC(C(=O)O)C(C(=O)O)C1. The van der Waals surface area contributed by atoms with Gasteiger partial charge >= 0.3 is 11.9 Å². The van der Waals surface area contributed by atoms with Crippen molar-refractivity contribution in [3.63, 3.8) is 0 Å². The fraction of sp³-hybridized carbons (Fsp3) is 0.750. The number of piperidine rings is 1. The summed E-state index contributed by atoms with van der Waals surface area (Å²) in [4.78, 5) is 35.8. The van der Waals surface area contributed by atoms with Gasteiger partial charge in [-0.15, -0.1) is 0 Å². The fourth-order valence-electron chi connectivity index (χ4n) is 2.18. The highest BCUT2D eigenvalue weighted by atomic mass is 16.4. The molecule has 19 heavy (non-hydrogen) atoms. The Morgan fingerprint density at radius 2 is 1.68 bits per heavy atom. The predicted molar refractivity (Wildman–Crippen MR) is 66.6 cm³/mol. The zero-order valence-corrected chi connectivity index (χ0v) is 11.3. The first-order valence-corrected chi connectivity index (χ1v) is 6.14. The number of carbonyl (C=O) groups excluding carboxylic acids is 1. The van der Waals surface area contributed by atoms with Crippen LogP contribution in [0.4, 0.5) is 0 Å². The lowest BCUT2D eigenvalue weighted by Crippen LogP contribution is -2.57. The molecule has 1 aliphatic heterocycles. The number of hydrogen-bond donors (Lipinski definition) is 3. The zero-order chi connectivity index (χ0) is 14.8. The summed E-state index contributed by atoms with van der Waals surface area (Å²) >= 11 is 0. The van der Waals surface area contributed by atoms with E-state index in [9.17, 15) is 14.4 Å². The minimum atomic E-state index is -1.17. The fourth-order valence-corrected chi connectivity index (χ4v) is 2.18. The molecule has 2 unspecified atom stereocenters. The van der Waals surface area contributed by atoms with Crippen molar-refractivity contribution in [1.82, 2.24) is 10.2 Å². The van der Waals surface area contributed by atoms with Crippen LogP contribution >= 0.6 is 0 Å². The first-order chi connectivity index (χ1) is 8.70. The van der Waals surface area contributed by atoms with E-state index in [1.165, 1.54) is 4.90 Å². The van der Waals surface area contributed by atoms with Gasteiger partial charge in [0.1, 0.15) is 0 Å². The third-order valence-corrected chi connectivity index (χ3v) is 3.69. The average Bonchev–Trinajstić information content (AvgIpc) is 2.36. The summed E-state index contributed by atoms with van der Waals surface area (Å²) in [6, 6.07) is 0. The molecule has 7 heteroatoms. The van der Waals surface area contributed by atoms with Crippen LogP contribution in [0.2, 0.25) is 0 Å². The van der Waals surface area contributed by atoms with Crippen LogP contribution in [-0.4, -0.2) is 58.6 Å². The van der Waals surface area contributed by atoms with Crippen molar-refractivity contribution in [3.8, 4) is 0 Å². The third kappa shape index (κ3) is 3.23. The quantitative estimate of drug-likeness (QED) is 0.644. The molecule has 0 aromatic carbocycles. The second kappa shape index (κ2) is 5.56. The Morgan fingerprint density at radius 3 is 2.11 bits per heavy atom. The van der Waals surface area contributed by atoms with E-state index in [2.05, 4.69) is 5.32 Å². The third-order valence-electron chi connectivity index (χ3n) is 3.69. The molecule has 0 bridgehead atoms. The summed E-state index contributed by atoms with van der Waals surface area (Å²) in [6.07, 6.45) is 0.165. The molecule has 2 atom stereocenters. The second-order valence-electron chi connectivity index (χ2n) is 5.30. The second-order valence-corrected chi connectivity index (χ2v) is 5.30. The Balaban J connectivity index is 2.86. The molecule has 0 radical (unpaired) electrons. The molecular weight excluding hydrogens is 252 g/mol. The maximum atomic E-state index is 12.2. The number of carbonyl (C=O) groups is 3. The Morgan fingerprint density at radius 1 is 1.16 bits per heavy atom. The van der Waals surface area contributed by atoms with Gasteiger partial charge in [0.2, 0.25) is 5.91 Å². The highest BCUT2D eigenvalue weighted by Gasteiger charge is 2.42. The van der Waals surface area contributed by atoms with E-state index < -0.39 is 29.3 Å². The zero-order valence-electron chi connectivity index (χ0n) is 11.3. The Hall–Kier alpha value is -1.63. The number of amides is 1. The van der Waals surface area contributed by atoms with E-state index in [4.69, 9.17) is 10.2 Å². The number of carboxylic acid groups (broad SMARTS) is 2. The number of likely N-dealkylation sites (tertiary alicyclic amines) is 1. The first kappa shape index (κ1) is 15.4. The molecule has 0 aliphatic carbocycles. The molecular formula is C12H20N2O5. The molecule has 1 saturated heterocycles. The van der Waals surface area contributed by atoms with Gasteiger partial charge in [-0.1, -0.05) is 0 Å². The summed E-state index contributed by atoms with van der Waals surface area (Å²) in [6.45, 7) is 3.61. The van der Waals surface area contributed by atoms with Gasteiger partial charge in [-0.2, -0.15) is 0 Å². The highest BCUT2D eigenvalue weighted by Crippen LogP contribution is 2.26. The lowest BCUT2D eigenvalue weighted by Gasteiger charge is -2.38. The van der Waals surface area contributed by atoms with Crippen molar-refractivity contribution >= 4 is 17.8 Å². The highest BCUT2D eigenvalue weighted by molar-refractivity contribution is 5.87. The van der Waals surface area contributed by atoms with Crippen molar-refractivity contribution in [2.75, 3.05) is 20.1 Å². The Labute approximate surface area is 111 Å². The smallest absolute Gasteiger partial charge is 0.309 e. The lowest BCUT2D eigenvalue weighted by molar-refractivity contribution is -0.160. The van der Waals surface area contributed by atoms with Crippen molar-refractivity contribution in [3.05, 3.63) is 0 Å². The van der Waals surface area contributed by atoms with Gasteiger partial charge in [0.05, 0.1) is 17.4 Å². The summed E-state index contributed by atoms with van der Waals surface area (Å²) in [7, 11) is 1.65. The number of rotatable bonds is 4. The van der Waals surface area contributed by atoms with E-state index in [1.807, 2.05) is 0 Å². The molecule has 1 heterocycles. The largest absolute Gasteiger partial charge is 0.481 e. The van der Waals surface area contributed by atoms with E-state index in [0.29, 0.717) is 0 Å². The number of carboxylic acids is 2. The van der Waals surface area contributed by atoms with E-state index >= 15 is 0 Å². The van der Waals surface area contributed by atoms with E-state index in [-0.39, 0.29) is 25.4 Å². The molecule has 0 saturated carbocycles. The molecule has 0 aromatic heterocycles. The van der Waals surface area contributed by atoms with Gasteiger partial charge < -0.3 is 20.4 Å². The monoisotopic (exact) mass is 272 g/mol. The topological polar surface area (TPSA) is 107 Å². The van der Waals surface area contributed by atoms with E-state index in [1.54, 1.807) is 20.9 Å². The minimum Gasteiger partial charge on any atom is -0.481 e. The average molecular weight is 272 g/mol. The maximum absolute atomic E-state index is 12.2. The number of nitrogens with zero attached hydrogens (tertiary/aromatic N) is 1. The Kier molecular flexibility index (Phi) is 4.52. The number of nitrogens with one attached hydrogen (secondary N) is 1. The lowest BCUT2D eigenvalue weighted by atomic mass is 9.84. The number of hydrogen-bond acceptors (Lipinski definition) is 4. The van der Waals surface area contributed by atoms with Crippen LogP contribution < -0.4 is 5.32 Å². The summed E-state index contributed by atoms with van der Waals surface area (Å²) in [5.41, 5.74) is -0.793. The molecule has 0 spiro atoms. The van der Waals surface area contributed by atoms with Crippen LogP contribution in [0.1, 0.15) is 20.3 Å². The number of aliphatic carboxylic acids is 2. The van der Waals surface area contributed by atoms with Gasteiger partial charge in [-0.3, -0.25) is 14.4 Å². The van der Waals surface area contributed by atoms with Crippen LogP contribution in [-0.2, 0) is 14.4 Å². The molecule has 7 nitrogen and oxygen atoms in total. The minimum absolute atomic E-state index is 0.0593. The van der Waals surface area contributed by atoms with Crippen LogP contribution in [0, 0.1) is 11.8 Å². The van der Waals surface area contributed by atoms with Gasteiger partial charge in [0.25, 0.3) is 0 Å². The molecule has 0 aromatic rings. The van der Waals surface area contributed by atoms with Gasteiger partial charge in [-0.05, 0) is 27.3 Å². The molecule has 3 N–H and O–H groups in total. The Bertz CT molecular complexity index is 394. The van der Waals surface area contributed by atoms with Crippen molar-refractivity contribution < 1.29 is 24.6 Å². The van der Waals surface area contributed by atoms with Crippen LogP contribution in [0.25, 0.3) is 0 Å². The van der Waals surface area contributed by atoms with Gasteiger partial charge in [0, 0.05) is 13.1 Å². The van der Waals surface area contributed by atoms with Crippen molar-refractivity contribution in [1.29, 1.82) is 0 Å². The number of likely N-dealkylation sites (N-methyl/N-ethyl adjacent to an activating group) is 1. The summed E-state index contributed by atoms with van der Waals surface area (Å²) in [5, 5.41) is 21.0. The van der Waals surface area contributed by atoms with Crippen molar-refractivity contribution in [2.24, 2.45) is 11.8 Å². The predicted octanol–water partition coefficient (Wildman–Crippen LogP) is -0.382. The van der Waals surface area contributed by atoms with Crippen LogP contribution in [0.3, 0.4) is 0 Å². The normalized spacial score (nSPS) is 24.1. The van der Waals surface area contributed by atoms with Crippen molar-refractivity contribution in [2.45, 2.75) is 25.8 Å². The van der Waals surface area contributed by atoms with Crippen LogP contribution in [0.15, 0.2) is 0 Å². The summed E-state index contributed by atoms with van der Waals surface area (Å²) in [5.74, 6) is -4.49. The van der Waals surface area contributed by atoms with Gasteiger partial charge in [0.15, 0.2) is 0 Å². The molecule has 108 valence electrons. The molecule has 1 amide bonds. The van der Waals surface area contributed by atoms with Gasteiger partial charge in [-0.25, -0.2) is 0 Å². The molecule has 1 fully saturated rings. The maximum Gasteiger partial charge on any atom is 0.309 e. The standard InChI is InChI=1S/C12H20N2O5/c1-12(2,13-3)11(19)14-5-4-7(9(15)16)8(6-14)10(17)18/h7-8,13H,4-6H2,1-3H3,(H,15,16)(H,17,18). The van der Waals surface area contributed by atoms with E-state index in [0.717, 1.165) is 0 Å².